The first-order valence-corrected chi connectivity index (χ1v) is 8.69. The van der Waals surface area contributed by atoms with Crippen molar-refractivity contribution >= 4 is 11.6 Å². The highest BCUT2D eigenvalue weighted by Gasteiger charge is 2.13. The van der Waals surface area contributed by atoms with Gasteiger partial charge in [0, 0.05) is 30.3 Å². The summed E-state index contributed by atoms with van der Waals surface area (Å²) in [5.74, 6) is 0.476. The lowest BCUT2D eigenvalue weighted by atomic mass is 10.1. The van der Waals surface area contributed by atoms with E-state index in [1.165, 1.54) is 12.1 Å². The first kappa shape index (κ1) is 21.1. The van der Waals surface area contributed by atoms with Crippen LogP contribution in [0.1, 0.15) is 23.6 Å². The van der Waals surface area contributed by atoms with Crippen LogP contribution in [-0.2, 0) is 13.1 Å². The fraction of sp³-hybridized carbons (Fsp3) is 0.316. The van der Waals surface area contributed by atoms with Gasteiger partial charge in [-0.05, 0) is 19.9 Å². The van der Waals surface area contributed by atoms with E-state index in [0.717, 1.165) is 5.56 Å². The molecule has 0 saturated carbocycles. The number of ether oxygens (including phenoxy) is 1. The fourth-order valence-corrected chi connectivity index (χ4v) is 2.57. The van der Waals surface area contributed by atoms with Crippen LogP contribution in [0.15, 0.2) is 47.5 Å². The Morgan fingerprint density at radius 2 is 1.96 bits per heavy atom. The van der Waals surface area contributed by atoms with Crippen molar-refractivity contribution in [2.75, 3.05) is 6.54 Å². The van der Waals surface area contributed by atoms with Gasteiger partial charge in [0.1, 0.15) is 5.75 Å². The van der Waals surface area contributed by atoms with Crippen molar-refractivity contribution < 1.29 is 18.4 Å². The molecule has 0 aliphatic rings. The van der Waals surface area contributed by atoms with Crippen molar-refractivity contribution in [2.24, 2.45) is 4.99 Å². The second kappa shape index (κ2) is 10.2. The van der Waals surface area contributed by atoms with Gasteiger partial charge in [-0.25, -0.2) is 4.99 Å². The van der Waals surface area contributed by atoms with E-state index in [1.54, 1.807) is 30.3 Å². The van der Waals surface area contributed by atoms with Gasteiger partial charge in [-0.15, -0.1) is 0 Å². The lowest BCUT2D eigenvalue weighted by Gasteiger charge is -2.13. The standard InChI is InChI=1S/C19H22F2N4O3/c1-3-22-19(23-11-14-6-4-5-7-16(14)25(26)27)24-12-15-10-13(2)8-9-17(15)28-18(20)21/h4-10,18H,3,11-12H2,1-2H3,(H2,22,23,24). The number of halogens is 2. The highest BCUT2D eigenvalue weighted by atomic mass is 19.3. The minimum atomic E-state index is -2.92. The van der Waals surface area contributed by atoms with E-state index in [9.17, 15) is 18.9 Å². The molecule has 0 fully saturated rings. The summed E-state index contributed by atoms with van der Waals surface area (Å²) in [7, 11) is 0. The van der Waals surface area contributed by atoms with E-state index in [4.69, 9.17) is 0 Å². The fourth-order valence-electron chi connectivity index (χ4n) is 2.57. The Bertz CT molecular complexity index is 844. The van der Waals surface area contributed by atoms with Gasteiger partial charge in [-0.2, -0.15) is 8.78 Å². The van der Waals surface area contributed by atoms with Crippen LogP contribution in [0.2, 0.25) is 0 Å². The summed E-state index contributed by atoms with van der Waals surface area (Å²) in [4.78, 5) is 15.1. The van der Waals surface area contributed by atoms with Gasteiger partial charge >= 0.3 is 6.61 Å². The Balaban J connectivity index is 2.15. The van der Waals surface area contributed by atoms with Gasteiger partial charge < -0.3 is 15.4 Å². The molecule has 0 aliphatic heterocycles. The molecule has 28 heavy (non-hydrogen) atoms. The smallest absolute Gasteiger partial charge is 0.387 e. The maximum Gasteiger partial charge on any atom is 0.387 e. The van der Waals surface area contributed by atoms with E-state index in [2.05, 4.69) is 20.4 Å². The number of benzene rings is 2. The molecule has 2 rings (SSSR count). The molecular formula is C19H22F2N4O3. The second-order valence-electron chi connectivity index (χ2n) is 5.92. The summed E-state index contributed by atoms with van der Waals surface area (Å²) in [6.45, 7) is 1.66. The first-order chi connectivity index (χ1) is 13.4. The summed E-state index contributed by atoms with van der Waals surface area (Å²) < 4.78 is 29.7. The van der Waals surface area contributed by atoms with Gasteiger partial charge in [-0.1, -0.05) is 35.9 Å². The van der Waals surface area contributed by atoms with Gasteiger partial charge in [0.25, 0.3) is 5.69 Å². The number of aliphatic imine (C=N–C) groups is 1. The van der Waals surface area contributed by atoms with E-state index in [-0.39, 0.29) is 24.5 Å². The normalized spacial score (nSPS) is 11.4. The molecule has 0 atom stereocenters. The predicted octanol–water partition coefficient (Wildman–Crippen LogP) is 3.76. The zero-order valence-corrected chi connectivity index (χ0v) is 15.6. The number of nitrogens with zero attached hydrogens (tertiary/aromatic N) is 2. The first-order valence-electron chi connectivity index (χ1n) is 8.69. The van der Waals surface area contributed by atoms with E-state index in [1.807, 2.05) is 13.8 Å². The Labute approximate surface area is 161 Å². The van der Waals surface area contributed by atoms with Gasteiger partial charge in [-0.3, -0.25) is 10.1 Å². The number of nitro benzene ring substituents is 1. The highest BCUT2D eigenvalue weighted by Crippen LogP contribution is 2.23. The molecule has 0 aromatic heterocycles. The minimum Gasteiger partial charge on any atom is -0.434 e. The third kappa shape index (κ3) is 6.19. The third-order valence-corrected chi connectivity index (χ3v) is 3.82. The molecule has 0 spiro atoms. The molecule has 2 N–H and O–H groups in total. The van der Waals surface area contributed by atoms with Crippen LogP contribution in [0.4, 0.5) is 14.5 Å². The molecule has 2 aromatic rings. The minimum absolute atomic E-state index is 0.0113. The van der Waals surface area contributed by atoms with E-state index >= 15 is 0 Å². The molecular weight excluding hydrogens is 370 g/mol. The van der Waals surface area contributed by atoms with Crippen molar-refractivity contribution in [3.05, 3.63) is 69.3 Å². The SMILES string of the molecule is CCNC(=NCc1cc(C)ccc1OC(F)F)NCc1ccccc1[N+](=O)[O-]. The van der Waals surface area contributed by atoms with Gasteiger partial charge in [0.15, 0.2) is 5.96 Å². The molecule has 150 valence electrons. The summed E-state index contributed by atoms with van der Waals surface area (Å²) >= 11 is 0. The predicted molar refractivity (Wildman–Crippen MR) is 103 cm³/mol. The van der Waals surface area contributed by atoms with Crippen molar-refractivity contribution in [1.29, 1.82) is 0 Å². The monoisotopic (exact) mass is 392 g/mol. The molecule has 0 saturated heterocycles. The zero-order valence-electron chi connectivity index (χ0n) is 15.6. The molecule has 0 heterocycles. The summed E-state index contributed by atoms with van der Waals surface area (Å²) in [6, 6.07) is 11.3. The van der Waals surface area contributed by atoms with Crippen LogP contribution in [0.5, 0.6) is 5.75 Å². The number of nitro groups is 1. The van der Waals surface area contributed by atoms with Gasteiger partial charge in [0.05, 0.1) is 11.5 Å². The largest absolute Gasteiger partial charge is 0.434 e. The Morgan fingerprint density at radius 1 is 1.21 bits per heavy atom. The molecule has 9 heteroatoms. The second-order valence-corrected chi connectivity index (χ2v) is 5.92. The molecule has 0 radical (unpaired) electrons. The number of hydrogen-bond acceptors (Lipinski definition) is 4. The maximum absolute atomic E-state index is 12.6. The third-order valence-electron chi connectivity index (χ3n) is 3.82. The van der Waals surface area contributed by atoms with Crippen LogP contribution in [0, 0.1) is 17.0 Å². The molecule has 0 bridgehead atoms. The maximum atomic E-state index is 12.6. The highest BCUT2D eigenvalue weighted by molar-refractivity contribution is 5.79. The number of alkyl halides is 2. The van der Waals surface area contributed by atoms with Crippen LogP contribution in [0.3, 0.4) is 0 Å². The van der Waals surface area contributed by atoms with Crippen LogP contribution in [0.25, 0.3) is 0 Å². The van der Waals surface area contributed by atoms with Crippen LogP contribution >= 0.6 is 0 Å². The van der Waals surface area contributed by atoms with Crippen molar-refractivity contribution in [3.8, 4) is 5.75 Å². The van der Waals surface area contributed by atoms with Crippen molar-refractivity contribution in [3.63, 3.8) is 0 Å². The summed E-state index contributed by atoms with van der Waals surface area (Å²) in [5.41, 5.74) is 1.93. The number of guanidine groups is 1. The quantitative estimate of drug-likeness (QED) is 0.309. The van der Waals surface area contributed by atoms with Crippen molar-refractivity contribution in [2.45, 2.75) is 33.5 Å². The number of para-hydroxylation sites is 1. The summed E-state index contributed by atoms with van der Waals surface area (Å²) in [6.07, 6.45) is 0. The van der Waals surface area contributed by atoms with E-state index in [0.29, 0.717) is 23.6 Å². The Morgan fingerprint density at radius 3 is 2.64 bits per heavy atom. The molecule has 0 aliphatic carbocycles. The molecule has 0 unspecified atom stereocenters. The number of rotatable bonds is 8. The Kier molecular flexibility index (Phi) is 7.67. The lowest BCUT2D eigenvalue weighted by molar-refractivity contribution is -0.385. The van der Waals surface area contributed by atoms with E-state index < -0.39 is 11.5 Å². The van der Waals surface area contributed by atoms with Crippen LogP contribution < -0.4 is 15.4 Å². The average Bonchev–Trinajstić information content (AvgIpc) is 2.65. The topological polar surface area (TPSA) is 88.8 Å². The molecule has 7 nitrogen and oxygen atoms in total. The van der Waals surface area contributed by atoms with Gasteiger partial charge in [0.2, 0.25) is 0 Å². The van der Waals surface area contributed by atoms with Crippen LogP contribution in [-0.4, -0.2) is 24.0 Å². The zero-order chi connectivity index (χ0) is 20.5. The summed E-state index contributed by atoms with van der Waals surface area (Å²) in [5, 5.41) is 17.2. The average molecular weight is 392 g/mol. The number of hydrogen-bond donors (Lipinski definition) is 2. The number of aryl methyl sites for hydroxylation is 1. The van der Waals surface area contributed by atoms with Crippen molar-refractivity contribution in [1.82, 2.24) is 10.6 Å². The lowest BCUT2D eigenvalue weighted by Crippen LogP contribution is -2.36. The molecule has 0 amide bonds. The molecule has 2 aromatic carbocycles. The number of nitrogens with one attached hydrogen (secondary N) is 2. The Hall–Kier alpha value is -3.23.